The van der Waals surface area contributed by atoms with Gasteiger partial charge in [0.15, 0.2) is 0 Å². The Balaban J connectivity index is 0.000000367. The summed E-state index contributed by atoms with van der Waals surface area (Å²) in [5.74, 6) is -3.76. The van der Waals surface area contributed by atoms with Crippen molar-refractivity contribution in [3.05, 3.63) is 48.3 Å². The van der Waals surface area contributed by atoms with Gasteiger partial charge in [0.1, 0.15) is 5.75 Å². The van der Waals surface area contributed by atoms with Crippen LogP contribution in [0.4, 0.5) is 32.3 Å². The highest BCUT2D eigenvalue weighted by molar-refractivity contribution is 5.73. The van der Waals surface area contributed by atoms with Crippen LogP contribution in [-0.2, 0) is 20.9 Å². The van der Waals surface area contributed by atoms with E-state index in [2.05, 4.69) is 31.9 Å². The highest BCUT2D eigenvalue weighted by atomic mass is 19.4. The standard InChI is InChI=1S/C22H30N4O2.2C2HF3O2/c1-27-16-19-14-22(17-26(19)21-23-10-3-11-24-21)8-12-25(13-9-22)15-18-4-6-20(28-2)7-5-18;2*3-2(4,5)1(6)7/h3-7,10-11,19H,8-9,12-17H2,1-2H3;2*(H,6,7). The first-order valence-electron chi connectivity index (χ1n) is 12.6. The van der Waals surface area contributed by atoms with Crippen LogP contribution in [0, 0.1) is 5.41 Å². The molecule has 10 nitrogen and oxygen atoms in total. The molecule has 1 atom stereocenters. The lowest BCUT2D eigenvalue weighted by Crippen LogP contribution is -2.41. The van der Waals surface area contributed by atoms with Crippen LogP contribution in [0.2, 0.25) is 0 Å². The Hall–Kier alpha value is -3.66. The molecule has 2 aliphatic rings. The Kier molecular flexibility index (Phi) is 12.3. The molecule has 1 spiro atoms. The van der Waals surface area contributed by atoms with Gasteiger partial charge in [-0.1, -0.05) is 12.1 Å². The van der Waals surface area contributed by atoms with Crippen molar-refractivity contribution >= 4 is 17.9 Å². The van der Waals surface area contributed by atoms with E-state index in [0.717, 1.165) is 50.9 Å². The number of carbonyl (C=O) groups is 2. The average Bonchev–Trinajstić information content (AvgIpc) is 3.28. The summed E-state index contributed by atoms with van der Waals surface area (Å²) in [4.78, 5) is 31.7. The predicted molar refractivity (Wildman–Crippen MR) is 137 cm³/mol. The lowest BCUT2D eigenvalue weighted by molar-refractivity contribution is -0.193. The molecule has 0 bridgehead atoms. The van der Waals surface area contributed by atoms with Crippen LogP contribution in [0.3, 0.4) is 0 Å². The number of rotatable bonds is 6. The zero-order valence-corrected chi connectivity index (χ0v) is 22.9. The maximum atomic E-state index is 10.6. The number of methoxy groups -OCH3 is 2. The predicted octanol–water partition coefficient (Wildman–Crippen LogP) is 4.26. The number of carboxylic acids is 2. The third kappa shape index (κ3) is 10.6. The van der Waals surface area contributed by atoms with Crippen molar-refractivity contribution in [2.24, 2.45) is 5.41 Å². The van der Waals surface area contributed by atoms with Crippen LogP contribution < -0.4 is 9.64 Å². The van der Waals surface area contributed by atoms with Gasteiger partial charge in [0.2, 0.25) is 5.95 Å². The van der Waals surface area contributed by atoms with Crippen molar-refractivity contribution in [2.45, 2.75) is 44.2 Å². The fourth-order valence-corrected chi connectivity index (χ4v) is 4.72. The molecule has 4 rings (SSSR count). The zero-order chi connectivity index (χ0) is 31.6. The van der Waals surface area contributed by atoms with Gasteiger partial charge in [0.25, 0.3) is 0 Å². The number of aromatic nitrogens is 2. The number of halogens is 6. The number of piperidine rings is 1. The summed E-state index contributed by atoms with van der Waals surface area (Å²) in [6.45, 7) is 5.04. The quantitative estimate of drug-likeness (QED) is 0.459. The maximum absolute atomic E-state index is 10.6. The maximum Gasteiger partial charge on any atom is 0.490 e. The van der Waals surface area contributed by atoms with Crippen LogP contribution in [0.5, 0.6) is 5.75 Å². The van der Waals surface area contributed by atoms with E-state index in [9.17, 15) is 26.3 Å². The van der Waals surface area contributed by atoms with Crippen LogP contribution >= 0.6 is 0 Å². The third-order valence-corrected chi connectivity index (χ3v) is 6.75. The SMILES string of the molecule is COCC1CC2(CCN(Cc3ccc(OC)cc3)CC2)CN1c1ncccn1.O=C(O)C(F)(F)F.O=C(O)C(F)(F)F. The Morgan fingerprint density at radius 3 is 1.88 bits per heavy atom. The normalized spacial score (nSPS) is 18.4. The molecule has 0 saturated carbocycles. The number of anilines is 1. The second-order valence-corrected chi connectivity index (χ2v) is 9.72. The highest BCUT2D eigenvalue weighted by Gasteiger charge is 2.46. The van der Waals surface area contributed by atoms with Crippen LogP contribution in [-0.4, -0.2) is 95.9 Å². The second kappa shape index (κ2) is 15.0. The molecule has 2 aliphatic heterocycles. The molecule has 2 fully saturated rings. The summed E-state index contributed by atoms with van der Waals surface area (Å²) in [7, 11) is 3.49. The van der Waals surface area contributed by atoms with Crippen LogP contribution in [0.15, 0.2) is 42.7 Å². The Bertz CT molecular complexity index is 1100. The van der Waals surface area contributed by atoms with E-state index < -0.39 is 24.3 Å². The van der Waals surface area contributed by atoms with Gasteiger partial charge < -0.3 is 24.6 Å². The van der Waals surface area contributed by atoms with E-state index >= 15 is 0 Å². The summed E-state index contributed by atoms with van der Waals surface area (Å²) in [5.41, 5.74) is 1.69. The monoisotopic (exact) mass is 610 g/mol. The van der Waals surface area contributed by atoms with Gasteiger partial charge in [-0.15, -0.1) is 0 Å². The molecular weight excluding hydrogens is 578 g/mol. The summed E-state index contributed by atoms with van der Waals surface area (Å²) in [6.07, 6.45) is -2.92. The number of hydrogen-bond donors (Lipinski definition) is 2. The highest BCUT2D eigenvalue weighted by Crippen LogP contribution is 2.44. The molecule has 1 aromatic heterocycles. The van der Waals surface area contributed by atoms with Crippen LogP contribution in [0.25, 0.3) is 0 Å². The van der Waals surface area contributed by atoms with Crippen molar-refractivity contribution in [1.29, 1.82) is 0 Å². The molecule has 2 saturated heterocycles. The fourth-order valence-electron chi connectivity index (χ4n) is 4.72. The van der Waals surface area contributed by atoms with Crippen LogP contribution in [0.1, 0.15) is 24.8 Å². The van der Waals surface area contributed by atoms with Gasteiger partial charge in [-0.25, -0.2) is 19.6 Å². The molecule has 1 aromatic carbocycles. The molecule has 42 heavy (non-hydrogen) atoms. The molecule has 1 unspecified atom stereocenters. The molecule has 2 N–H and O–H groups in total. The summed E-state index contributed by atoms with van der Waals surface area (Å²) < 4.78 is 74.2. The lowest BCUT2D eigenvalue weighted by Gasteiger charge is -2.39. The van der Waals surface area contributed by atoms with Gasteiger partial charge in [0, 0.05) is 32.6 Å². The van der Waals surface area contributed by atoms with E-state index in [1.807, 2.05) is 30.6 Å². The second-order valence-electron chi connectivity index (χ2n) is 9.72. The summed E-state index contributed by atoms with van der Waals surface area (Å²) >= 11 is 0. The largest absolute Gasteiger partial charge is 0.497 e. The summed E-state index contributed by atoms with van der Waals surface area (Å²) in [5, 5.41) is 14.2. The minimum atomic E-state index is -5.08. The number of ether oxygens (including phenoxy) is 2. The van der Waals surface area contributed by atoms with E-state index in [1.165, 1.54) is 18.4 Å². The van der Waals surface area contributed by atoms with Crippen molar-refractivity contribution in [2.75, 3.05) is 45.4 Å². The minimum Gasteiger partial charge on any atom is -0.497 e. The Morgan fingerprint density at radius 1 is 0.952 bits per heavy atom. The van der Waals surface area contributed by atoms with Gasteiger partial charge in [0.05, 0.1) is 19.8 Å². The lowest BCUT2D eigenvalue weighted by atomic mass is 9.76. The third-order valence-electron chi connectivity index (χ3n) is 6.75. The first kappa shape index (κ1) is 34.5. The number of nitrogens with zero attached hydrogens (tertiary/aromatic N) is 4. The number of carboxylic acid groups (broad SMARTS) is 2. The number of hydrogen-bond acceptors (Lipinski definition) is 8. The van der Waals surface area contributed by atoms with E-state index in [-0.39, 0.29) is 0 Å². The molecule has 16 heteroatoms. The molecule has 2 aromatic rings. The number of likely N-dealkylation sites (tertiary alicyclic amines) is 1. The first-order valence-corrected chi connectivity index (χ1v) is 12.6. The van der Waals surface area contributed by atoms with E-state index in [1.54, 1.807) is 14.2 Å². The van der Waals surface area contributed by atoms with Gasteiger partial charge in [-0.3, -0.25) is 4.90 Å². The molecule has 0 amide bonds. The molecule has 0 aliphatic carbocycles. The van der Waals surface area contributed by atoms with Crippen molar-refractivity contribution in [3.8, 4) is 5.75 Å². The van der Waals surface area contributed by atoms with E-state index in [4.69, 9.17) is 29.3 Å². The van der Waals surface area contributed by atoms with Gasteiger partial charge >= 0.3 is 24.3 Å². The molecule has 0 radical (unpaired) electrons. The molecule has 3 heterocycles. The van der Waals surface area contributed by atoms with Gasteiger partial charge in [-0.2, -0.15) is 26.3 Å². The number of alkyl halides is 6. The average molecular weight is 611 g/mol. The summed E-state index contributed by atoms with van der Waals surface area (Å²) in [6, 6.07) is 10.7. The Labute approximate surface area is 237 Å². The smallest absolute Gasteiger partial charge is 0.490 e. The first-order chi connectivity index (χ1) is 19.6. The minimum absolute atomic E-state index is 0.346. The fraction of sp³-hybridized carbons (Fsp3) is 0.538. The Morgan fingerprint density at radius 2 is 1.45 bits per heavy atom. The van der Waals surface area contributed by atoms with Gasteiger partial charge in [-0.05, 0) is 61.5 Å². The molecule has 234 valence electrons. The molecular formula is C26H32F6N4O6. The number of aliphatic carboxylic acids is 2. The van der Waals surface area contributed by atoms with E-state index in [0.29, 0.717) is 11.5 Å². The van der Waals surface area contributed by atoms with Crippen molar-refractivity contribution in [1.82, 2.24) is 14.9 Å². The number of benzene rings is 1. The van der Waals surface area contributed by atoms with Crippen molar-refractivity contribution in [3.63, 3.8) is 0 Å². The topological polar surface area (TPSA) is 125 Å². The zero-order valence-electron chi connectivity index (χ0n) is 22.9. The van der Waals surface area contributed by atoms with Crippen molar-refractivity contribution < 1.29 is 55.6 Å².